The Morgan fingerprint density at radius 3 is 3.13 bits per heavy atom. The summed E-state index contributed by atoms with van der Waals surface area (Å²) >= 11 is 6.45. The molecule has 2 heterocycles. The number of nitrogens with one attached hydrogen (secondary N) is 1. The Morgan fingerprint density at radius 1 is 1.73 bits per heavy atom. The standard InChI is InChI=1S/C9H10N2O2S2/c1-5(4-12)11-8(13)7-6(2-3-15-7)10-9(11)14/h2-3,5,12H,4H2,1H3,(H,10,14). The van der Waals surface area contributed by atoms with Crippen molar-refractivity contribution in [2.45, 2.75) is 13.0 Å². The summed E-state index contributed by atoms with van der Waals surface area (Å²) in [7, 11) is 0. The van der Waals surface area contributed by atoms with Gasteiger partial charge in [-0.25, -0.2) is 0 Å². The lowest BCUT2D eigenvalue weighted by Gasteiger charge is -2.11. The lowest BCUT2D eigenvalue weighted by Crippen LogP contribution is -2.26. The molecule has 0 spiro atoms. The van der Waals surface area contributed by atoms with Crippen LogP contribution in [0.4, 0.5) is 0 Å². The number of aromatic nitrogens is 2. The van der Waals surface area contributed by atoms with Crippen LogP contribution in [-0.2, 0) is 0 Å². The largest absolute Gasteiger partial charge is 0.394 e. The van der Waals surface area contributed by atoms with E-state index in [0.717, 1.165) is 5.52 Å². The molecule has 0 saturated carbocycles. The van der Waals surface area contributed by atoms with Crippen molar-refractivity contribution in [2.75, 3.05) is 6.61 Å². The topological polar surface area (TPSA) is 58.0 Å². The molecule has 2 aromatic heterocycles. The molecule has 6 heteroatoms. The van der Waals surface area contributed by atoms with Gasteiger partial charge in [0.25, 0.3) is 5.56 Å². The summed E-state index contributed by atoms with van der Waals surface area (Å²) in [6.07, 6.45) is 0. The van der Waals surface area contributed by atoms with E-state index in [9.17, 15) is 4.79 Å². The van der Waals surface area contributed by atoms with Gasteiger partial charge < -0.3 is 10.1 Å². The molecule has 0 aliphatic carbocycles. The predicted molar refractivity (Wildman–Crippen MR) is 63.1 cm³/mol. The maximum atomic E-state index is 12.0. The fraction of sp³-hybridized carbons (Fsp3) is 0.333. The molecular weight excluding hydrogens is 232 g/mol. The highest BCUT2D eigenvalue weighted by atomic mass is 32.1. The lowest BCUT2D eigenvalue weighted by atomic mass is 10.3. The van der Waals surface area contributed by atoms with Gasteiger partial charge in [-0.05, 0) is 30.6 Å². The Balaban J connectivity index is 2.85. The summed E-state index contributed by atoms with van der Waals surface area (Å²) in [6, 6.07) is 1.53. The molecule has 0 fully saturated rings. The maximum Gasteiger partial charge on any atom is 0.272 e. The molecule has 2 aromatic rings. The summed E-state index contributed by atoms with van der Waals surface area (Å²) in [5.41, 5.74) is 0.627. The van der Waals surface area contributed by atoms with Gasteiger partial charge in [-0.2, -0.15) is 0 Å². The summed E-state index contributed by atoms with van der Waals surface area (Å²) in [4.78, 5) is 15.0. The van der Waals surface area contributed by atoms with E-state index in [2.05, 4.69) is 4.98 Å². The molecule has 0 radical (unpaired) electrons. The minimum atomic E-state index is -0.298. The van der Waals surface area contributed by atoms with Crippen molar-refractivity contribution in [2.24, 2.45) is 0 Å². The van der Waals surface area contributed by atoms with Gasteiger partial charge in [0.05, 0.1) is 18.2 Å². The number of aromatic amines is 1. The highest BCUT2D eigenvalue weighted by Gasteiger charge is 2.11. The van der Waals surface area contributed by atoms with E-state index in [0.29, 0.717) is 9.47 Å². The smallest absolute Gasteiger partial charge is 0.272 e. The average Bonchev–Trinajstić information content (AvgIpc) is 2.65. The van der Waals surface area contributed by atoms with E-state index in [1.54, 1.807) is 6.92 Å². The molecule has 0 saturated heterocycles. The second kappa shape index (κ2) is 3.88. The zero-order valence-corrected chi connectivity index (χ0v) is 9.69. The Bertz CT molecular complexity index is 596. The van der Waals surface area contributed by atoms with Crippen LogP contribution >= 0.6 is 23.6 Å². The Hall–Kier alpha value is -0.980. The van der Waals surface area contributed by atoms with E-state index in [1.165, 1.54) is 15.9 Å². The molecule has 80 valence electrons. The van der Waals surface area contributed by atoms with Crippen molar-refractivity contribution < 1.29 is 5.11 Å². The molecule has 2 rings (SSSR count). The fourth-order valence-corrected chi connectivity index (χ4v) is 2.59. The van der Waals surface area contributed by atoms with Crippen LogP contribution in [0, 0.1) is 4.77 Å². The maximum absolute atomic E-state index is 12.0. The quantitative estimate of drug-likeness (QED) is 0.788. The molecular formula is C9H10N2O2S2. The van der Waals surface area contributed by atoms with Crippen molar-refractivity contribution in [1.82, 2.24) is 9.55 Å². The normalized spacial score (nSPS) is 13.2. The molecule has 2 N–H and O–H groups in total. The summed E-state index contributed by atoms with van der Waals surface area (Å²) in [5.74, 6) is 0. The Labute approximate surface area is 94.8 Å². The van der Waals surface area contributed by atoms with Crippen LogP contribution < -0.4 is 5.56 Å². The number of thiophene rings is 1. The zero-order valence-electron chi connectivity index (χ0n) is 8.06. The first-order valence-corrected chi connectivity index (χ1v) is 5.77. The molecule has 1 unspecified atom stereocenters. The minimum Gasteiger partial charge on any atom is -0.394 e. The molecule has 15 heavy (non-hydrogen) atoms. The lowest BCUT2D eigenvalue weighted by molar-refractivity contribution is 0.235. The SMILES string of the molecule is CC(CO)n1c(=S)[nH]c2ccsc2c1=O. The highest BCUT2D eigenvalue weighted by molar-refractivity contribution is 7.71. The molecule has 1 atom stereocenters. The number of aliphatic hydroxyl groups excluding tert-OH is 1. The van der Waals surface area contributed by atoms with Crippen molar-refractivity contribution in [3.63, 3.8) is 0 Å². The molecule has 0 aromatic carbocycles. The van der Waals surface area contributed by atoms with E-state index >= 15 is 0 Å². The molecule has 0 bridgehead atoms. The van der Waals surface area contributed by atoms with Crippen LogP contribution in [0.15, 0.2) is 16.2 Å². The number of nitrogens with zero attached hydrogens (tertiary/aromatic N) is 1. The van der Waals surface area contributed by atoms with Gasteiger partial charge in [0.2, 0.25) is 0 Å². The predicted octanol–water partition coefficient (Wildman–Crippen LogP) is 1.67. The summed E-state index contributed by atoms with van der Waals surface area (Å²) in [5, 5.41) is 10.9. The summed E-state index contributed by atoms with van der Waals surface area (Å²) < 4.78 is 2.41. The number of hydrogen-bond acceptors (Lipinski definition) is 4. The zero-order chi connectivity index (χ0) is 11.0. The summed E-state index contributed by atoms with van der Waals surface area (Å²) in [6.45, 7) is 1.65. The van der Waals surface area contributed by atoms with Crippen LogP contribution in [-0.4, -0.2) is 21.3 Å². The second-order valence-electron chi connectivity index (χ2n) is 3.30. The molecule has 0 aliphatic heterocycles. The second-order valence-corrected chi connectivity index (χ2v) is 4.60. The van der Waals surface area contributed by atoms with Gasteiger partial charge in [0.15, 0.2) is 4.77 Å². The average molecular weight is 242 g/mol. The van der Waals surface area contributed by atoms with E-state index in [1.807, 2.05) is 11.4 Å². The third-order valence-corrected chi connectivity index (χ3v) is 3.44. The van der Waals surface area contributed by atoms with E-state index < -0.39 is 0 Å². The first kappa shape index (κ1) is 10.5. The number of rotatable bonds is 2. The minimum absolute atomic E-state index is 0.103. The van der Waals surface area contributed by atoms with Gasteiger partial charge in [0, 0.05) is 0 Å². The fourth-order valence-electron chi connectivity index (χ4n) is 1.43. The van der Waals surface area contributed by atoms with Crippen molar-refractivity contribution in [3.8, 4) is 0 Å². The van der Waals surface area contributed by atoms with Gasteiger partial charge >= 0.3 is 0 Å². The number of H-pyrrole nitrogens is 1. The number of hydrogen-bond donors (Lipinski definition) is 2. The van der Waals surface area contributed by atoms with Crippen LogP contribution in [0.1, 0.15) is 13.0 Å². The van der Waals surface area contributed by atoms with Gasteiger partial charge in [-0.1, -0.05) is 0 Å². The Morgan fingerprint density at radius 2 is 2.47 bits per heavy atom. The Kier molecular flexibility index (Phi) is 2.72. The monoisotopic (exact) mass is 242 g/mol. The van der Waals surface area contributed by atoms with Crippen molar-refractivity contribution in [1.29, 1.82) is 0 Å². The van der Waals surface area contributed by atoms with Crippen LogP contribution in [0.2, 0.25) is 0 Å². The molecule has 0 amide bonds. The van der Waals surface area contributed by atoms with Crippen LogP contribution in [0.5, 0.6) is 0 Å². The third-order valence-electron chi connectivity index (χ3n) is 2.24. The number of aliphatic hydroxyl groups is 1. The van der Waals surface area contributed by atoms with Crippen LogP contribution in [0.3, 0.4) is 0 Å². The van der Waals surface area contributed by atoms with E-state index in [4.69, 9.17) is 17.3 Å². The van der Waals surface area contributed by atoms with Gasteiger partial charge in [-0.3, -0.25) is 9.36 Å². The molecule has 4 nitrogen and oxygen atoms in total. The third kappa shape index (κ3) is 1.64. The first-order valence-electron chi connectivity index (χ1n) is 4.48. The van der Waals surface area contributed by atoms with Crippen molar-refractivity contribution in [3.05, 3.63) is 26.6 Å². The van der Waals surface area contributed by atoms with E-state index in [-0.39, 0.29) is 18.2 Å². The van der Waals surface area contributed by atoms with Gasteiger partial charge in [-0.15, -0.1) is 11.3 Å². The first-order chi connectivity index (χ1) is 7.15. The van der Waals surface area contributed by atoms with Crippen LogP contribution in [0.25, 0.3) is 10.2 Å². The van der Waals surface area contributed by atoms with Gasteiger partial charge in [0.1, 0.15) is 4.70 Å². The number of fused-ring (bicyclic) bond motifs is 1. The van der Waals surface area contributed by atoms with Crippen molar-refractivity contribution >= 4 is 33.8 Å². The molecule has 0 aliphatic rings. The highest BCUT2D eigenvalue weighted by Crippen LogP contribution is 2.15.